The molecular weight excluding hydrogens is 536 g/mol. The van der Waals surface area contributed by atoms with Crippen molar-refractivity contribution in [2.45, 2.75) is 90.0 Å². The van der Waals surface area contributed by atoms with E-state index in [1.165, 1.54) is 68.4 Å². The lowest BCUT2D eigenvalue weighted by Crippen LogP contribution is -2.85. The highest BCUT2D eigenvalue weighted by atomic mass is 32.1. The zero-order chi connectivity index (χ0) is 31.6. The molecular formula is C36H56N4OS+2. The fourth-order valence-corrected chi connectivity index (χ4v) is 6.62. The molecule has 3 atom stereocenters. The fourth-order valence-electron chi connectivity index (χ4n) is 5.49. The number of terminal acetylenes is 3. The quantitative estimate of drug-likeness (QED) is 0.497. The summed E-state index contributed by atoms with van der Waals surface area (Å²) in [5.74, 6) is 0.882. The van der Waals surface area contributed by atoms with Crippen LogP contribution in [0.2, 0.25) is 0 Å². The number of aryl methyl sites for hydroxylation is 1. The number of likely N-dealkylation sites (tertiary alicyclic amines) is 1. The summed E-state index contributed by atoms with van der Waals surface area (Å²) in [6, 6.07) is 12.5. The van der Waals surface area contributed by atoms with Gasteiger partial charge in [-0.25, -0.2) is 4.98 Å². The average Bonchev–Trinajstić information content (AvgIpc) is 3.72. The van der Waals surface area contributed by atoms with Gasteiger partial charge in [0.25, 0.3) is 0 Å². The molecule has 4 N–H and O–H groups in total. The van der Waals surface area contributed by atoms with Crippen molar-refractivity contribution >= 4 is 17.2 Å². The van der Waals surface area contributed by atoms with Gasteiger partial charge >= 0.3 is 0 Å². The molecule has 3 fully saturated rings. The van der Waals surface area contributed by atoms with Crippen LogP contribution >= 0.6 is 11.3 Å². The first-order valence-corrected chi connectivity index (χ1v) is 16.3. The van der Waals surface area contributed by atoms with Crippen LogP contribution in [0, 0.1) is 51.4 Å². The smallest absolute Gasteiger partial charge is 0.232 e. The fraction of sp³-hybridized carbons (Fsp3) is 0.556. The second-order valence-electron chi connectivity index (χ2n) is 10.7. The second kappa shape index (κ2) is 25.6. The third-order valence-electron chi connectivity index (χ3n) is 7.73. The van der Waals surface area contributed by atoms with Gasteiger partial charge in [-0.05, 0) is 33.1 Å². The maximum absolute atomic E-state index is 13.1. The van der Waals surface area contributed by atoms with Gasteiger partial charge in [0.1, 0.15) is 5.92 Å². The molecule has 3 aliphatic rings. The number of rotatable bonds is 5. The highest BCUT2D eigenvalue weighted by Gasteiger charge is 2.42. The van der Waals surface area contributed by atoms with Gasteiger partial charge in [-0.15, -0.1) is 49.9 Å². The Morgan fingerprint density at radius 2 is 1.33 bits per heavy atom. The van der Waals surface area contributed by atoms with Crippen LogP contribution in [0.4, 0.5) is 0 Å². The van der Waals surface area contributed by atoms with Crippen LogP contribution in [0.3, 0.4) is 0 Å². The molecule has 1 amide bonds. The molecule has 230 valence electrons. The van der Waals surface area contributed by atoms with E-state index in [1.807, 2.05) is 47.7 Å². The molecule has 5 nitrogen and oxygen atoms in total. The molecule has 0 radical (unpaired) electrons. The van der Waals surface area contributed by atoms with Gasteiger partial charge in [-0.3, -0.25) is 4.79 Å². The normalized spacial score (nSPS) is 19.5. The van der Waals surface area contributed by atoms with E-state index in [-0.39, 0.29) is 5.92 Å². The molecule has 1 aliphatic carbocycles. The number of hydrogen-bond acceptors (Lipinski definition) is 3. The molecule has 5 rings (SSSR count). The van der Waals surface area contributed by atoms with Crippen LogP contribution in [0.15, 0.2) is 36.4 Å². The van der Waals surface area contributed by atoms with E-state index in [0.29, 0.717) is 17.9 Å². The van der Waals surface area contributed by atoms with Crippen molar-refractivity contribution in [3.63, 3.8) is 0 Å². The predicted molar refractivity (Wildman–Crippen MR) is 180 cm³/mol. The summed E-state index contributed by atoms with van der Waals surface area (Å²) < 4.78 is 0. The van der Waals surface area contributed by atoms with Gasteiger partial charge in [0.05, 0.1) is 42.8 Å². The van der Waals surface area contributed by atoms with E-state index in [2.05, 4.69) is 75.0 Å². The largest absolute Gasteiger partial charge is 0.346 e. The van der Waals surface area contributed by atoms with E-state index in [9.17, 15) is 4.79 Å². The van der Waals surface area contributed by atoms with Crippen molar-refractivity contribution in [3.8, 4) is 38.5 Å². The Hall–Kier alpha value is -3.08. The van der Waals surface area contributed by atoms with Crippen molar-refractivity contribution in [1.82, 2.24) is 9.88 Å². The number of nitrogens with two attached hydrogens (primary N) is 2. The molecule has 1 saturated carbocycles. The molecule has 1 aromatic carbocycles. The first kappa shape index (κ1) is 38.9. The average molecular weight is 593 g/mol. The van der Waals surface area contributed by atoms with E-state index in [0.717, 1.165) is 37.6 Å². The molecule has 2 aliphatic heterocycles. The molecule has 2 aromatic rings. The maximum Gasteiger partial charge on any atom is 0.232 e. The van der Waals surface area contributed by atoms with Crippen LogP contribution in [0.5, 0.6) is 0 Å². The Bertz CT molecular complexity index is 934. The summed E-state index contributed by atoms with van der Waals surface area (Å²) in [6.07, 6.45) is 37.6. The summed E-state index contributed by atoms with van der Waals surface area (Å²) in [5, 5.41) is 5.71. The molecule has 0 spiro atoms. The number of quaternary nitrogens is 2. The topological polar surface area (TPSA) is 66.4 Å². The van der Waals surface area contributed by atoms with Crippen molar-refractivity contribution < 1.29 is 15.4 Å². The number of nitrogens with zero attached hydrogens (tertiary/aromatic N) is 2. The third kappa shape index (κ3) is 14.7. The number of amides is 1. The Kier molecular flexibility index (Phi) is 23.7. The van der Waals surface area contributed by atoms with Crippen LogP contribution in [0.1, 0.15) is 86.2 Å². The molecule has 1 aromatic heterocycles. The van der Waals surface area contributed by atoms with Crippen LogP contribution in [0.25, 0.3) is 0 Å². The second-order valence-corrected chi connectivity index (χ2v) is 11.9. The molecule has 0 bridgehead atoms. The van der Waals surface area contributed by atoms with Crippen LogP contribution < -0.4 is 10.6 Å². The molecule has 2 saturated heterocycles. The standard InChI is InChI=1S/C18H30N4OS.C6H12.C6H6.3C2H2/c1-12(19-3)9-16-17(24-13(2)21-16)14-10-20-11-15(14)18(23)22-7-5-4-6-8-22;2*1-2-4-6-5-3-1;3*1-2/h12,14-15,19-20H,4-11H2,1-3H3;1-6H2;1-6H;3*1-2H/p+2/t12?,14-,15?;;;;;/m1...../s1. The number of hydrogen-bond donors (Lipinski definition) is 2. The zero-order valence-corrected chi connectivity index (χ0v) is 27.2. The number of benzene rings is 1. The number of carbonyl (C=O) groups is 1. The molecule has 6 heteroatoms. The Balaban J connectivity index is 0.000000760. The Morgan fingerprint density at radius 3 is 1.79 bits per heavy atom. The van der Waals surface area contributed by atoms with Crippen molar-refractivity contribution in [1.29, 1.82) is 0 Å². The molecule has 42 heavy (non-hydrogen) atoms. The minimum atomic E-state index is 0.141. The minimum Gasteiger partial charge on any atom is -0.346 e. The SMILES string of the molecule is C#C.C#C.C#C.C1CCCCC1.C[NH2+]C(C)Cc1nc(C)sc1[C@@H]1C[NH2+]CC1C(=O)N1CCCCC1.c1ccccc1. The summed E-state index contributed by atoms with van der Waals surface area (Å²) >= 11 is 1.82. The van der Waals surface area contributed by atoms with E-state index < -0.39 is 0 Å². The van der Waals surface area contributed by atoms with Crippen molar-refractivity contribution in [2.75, 3.05) is 33.2 Å². The number of piperidine rings is 1. The highest BCUT2D eigenvalue weighted by molar-refractivity contribution is 7.11. The summed E-state index contributed by atoms with van der Waals surface area (Å²) in [6.45, 7) is 8.22. The van der Waals surface area contributed by atoms with Gasteiger partial charge in [0.2, 0.25) is 5.91 Å². The summed E-state index contributed by atoms with van der Waals surface area (Å²) in [4.78, 5) is 21.4. The maximum atomic E-state index is 13.1. The van der Waals surface area contributed by atoms with Gasteiger partial charge in [-0.1, -0.05) is 74.9 Å². The summed E-state index contributed by atoms with van der Waals surface area (Å²) in [5.41, 5.74) is 1.24. The van der Waals surface area contributed by atoms with Crippen LogP contribution in [-0.4, -0.2) is 55.1 Å². The summed E-state index contributed by atoms with van der Waals surface area (Å²) in [7, 11) is 2.12. The van der Waals surface area contributed by atoms with E-state index in [4.69, 9.17) is 4.98 Å². The van der Waals surface area contributed by atoms with Gasteiger partial charge in [-0.2, -0.15) is 0 Å². The molecule has 2 unspecified atom stereocenters. The zero-order valence-electron chi connectivity index (χ0n) is 26.4. The van der Waals surface area contributed by atoms with Crippen molar-refractivity contribution in [2.24, 2.45) is 5.92 Å². The van der Waals surface area contributed by atoms with E-state index in [1.54, 1.807) is 0 Å². The van der Waals surface area contributed by atoms with Gasteiger partial charge in [0, 0.05) is 24.4 Å². The van der Waals surface area contributed by atoms with Gasteiger partial charge in [0.15, 0.2) is 0 Å². The van der Waals surface area contributed by atoms with Crippen LogP contribution in [-0.2, 0) is 11.2 Å². The molecule has 3 heterocycles. The highest BCUT2D eigenvalue weighted by Crippen LogP contribution is 2.34. The Morgan fingerprint density at radius 1 is 0.881 bits per heavy atom. The Labute approximate surface area is 261 Å². The first-order valence-electron chi connectivity index (χ1n) is 15.5. The third-order valence-corrected chi connectivity index (χ3v) is 8.88. The lowest BCUT2D eigenvalue weighted by atomic mass is 9.90. The van der Waals surface area contributed by atoms with Gasteiger partial charge < -0.3 is 15.5 Å². The van der Waals surface area contributed by atoms with Crippen molar-refractivity contribution in [3.05, 3.63) is 52.0 Å². The number of carbonyl (C=O) groups excluding carboxylic acids is 1. The predicted octanol–water partition coefficient (Wildman–Crippen LogP) is 4.64. The van der Waals surface area contributed by atoms with E-state index >= 15 is 0 Å². The number of likely N-dealkylation sites (N-methyl/N-ethyl adjacent to an activating group) is 1. The number of aromatic nitrogens is 1. The monoisotopic (exact) mass is 592 g/mol. The lowest BCUT2D eigenvalue weighted by Gasteiger charge is -2.29. The lowest BCUT2D eigenvalue weighted by molar-refractivity contribution is -0.659. The minimum absolute atomic E-state index is 0.141. The number of thiazole rings is 1. The first-order chi connectivity index (χ1) is 20.6.